The fourth-order valence-electron chi connectivity index (χ4n) is 5.33. The molecule has 2 aliphatic rings. The predicted molar refractivity (Wildman–Crippen MR) is 150 cm³/mol. The van der Waals surface area contributed by atoms with Gasteiger partial charge in [-0.05, 0) is 106 Å². The van der Waals surface area contributed by atoms with Crippen LogP contribution in [0, 0.1) is 6.92 Å². The monoisotopic (exact) mass is 527 g/mol. The van der Waals surface area contributed by atoms with Crippen LogP contribution in [0.15, 0.2) is 24.3 Å². The van der Waals surface area contributed by atoms with Gasteiger partial charge in [0.15, 0.2) is 6.10 Å². The Labute approximate surface area is 224 Å². The first kappa shape index (κ1) is 27.6. The van der Waals surface area contributed by atoms with Gasteiger partial charge in [-0.1, -0.05) is 19.4 Å². The van der Waals surface area contributed by atoms with Gasteiger partial charge in [-0.2, -0.15) is 0 Å². The number of hydrogen-bond acceptors (Lipinski definition) is 5. The van der Waals surface area contributed by atoms with E-state index in [-0.39, 0.29) is 0 Å². The highest BCUT2D eigenvalue weighted by atomic mass is 32.2. The van der Waals surface area contributed by atoms with E-state index in [0.29, 0.717) is 5.75 Å². The summed E-state index contributed by atoms with van der Waals surface area (Å²) in [5.74, 6) is 1.14. The van der Waals surface area contributed by atoms with Crippen molar-refractivity contribution in [3.63, 3.8) is 0 Å². The van der Waals surface area contributed by atoms with Gasteiger partial charge in [0, 0.05) is 17.9 Å². The summed E-state index contributed by atoms with van der Waals surface area (Å²) in [4.78, 5) is 13.3. The van der Waals surface area contributed by atoms with Gasteiger partial charge in [0.25, 0.3) is 0 Å². The highest BCUT2D eigenvalue weighted by molar-refractivity contribution is 7.86. The van der Waals surface area contributed by atoms with Crippen molar-refractivity contribution in [2.45, 2.75) is 84.8 Å². The lowest BCUT2D eigenvalue weighted by Gasteiger charge is -2.36. The van der Waals surface area contributed by atoms with E-state index in [1.54, 1.807) is 0 Å². The lowest BCUT2D eigenvalue weighted by molar-refractivity contribution is -0.164. The topological polar surface area (TPSA) is 65.1 Å². The third kappa shape index (κ3) is 6.04. The van der Waals surface area contributed by atoms with Crippen molar-refractivity contribution >= 4 is 22.6 Å². The summed E-state index contributed by atoms with van der Waals surface area (Å²) in [5, 5.41) is 0. The van der Waals surface area contributed by atoms with Crippen molar-refractivity contribution < 1.29 is 23.2 Å². The minimum absolute atomic E-state index is 0.422. The molecular formula is C30H41NO5S. The van der Waals surface area contributed by atoms with Crippen LogP contribution < -0.4 is 9.04 Å². The molecule has 2 aliphatic heterocycles. The summed E-state index contributed by atoms with van der Waals surface area (Å²) in [5.41, 5.74) is 6.48. The van der Waals surface area contributed by atoms with Crippen molar-refractivity contribution in [1.29, 1.82) is 0 Å². The third-order valence-electron chi connectivity index (χ3n) is 6.97. The van der Waals surface area contributed by atoms with E-state index in [1.165, 1.54) is 12.7 Å². The smallest absolute Gasteiger partial charge is 0.339 e. The summed E-state index contributed by atoms with van der Waals surface area (Å²) in [6.45, 7) is 11.5. The van der Waals surface area contributed by atoms with Gasteiger partial charge in [0.05, 0.1) is 25.0 Å². The molecule has 0 radical (unpaired) electrons. The van der Waals surface area contributed by atoms with Crippen LogP contribution in [0.4, 0.5) is 5.69 Å². The summed E-state index contributed by atoms with van der Waals surface area (Å²) in [6.07, 6.45) is 4.62. The average molecular weight is 528 g/mol. The molecule has 6 nitrogen and oxygen atoms in total. The fraction of sp³-hybridized carbons (Fsp3) is 0.567. The second-order valence-corrected chi connectivity index (χ2v) is 12.5. The molecule has 202 valence electrons. The number of ether oxygens (including phenoxy) is 3. The van der Waals surface area contributed by atoms with Gasteiger partial charge >= 0.3 is 5.97 Å². The molecule has 2 aromatic carbocycles. The van der Waals surface area contributed by atoms with Gasteiger partial charge in [-0.25, -0.2) is 9.00 Å². The quantitative estimate of drug-likeness (QED) is 0.381. The molecule has 2 aromatic rings. The van der Waals surface area contributed by atoms with E-state index < -0.39 is 28.7 Å². The van der Waals surface area contributed by atoms with Crippen molar-refractivity contribution in [2.24, 2.45) is 0 Å². The minimum Gasteiger partial charge on any atom is -0.493 e. The van der Waals surface area contributed by atoms with Crippen LogP contribution in [0.5, 0.6) is 5.75 Å². The van der Waals surface area contributed by atoms with Gasteiger partial charge in [-0.15, -0.1) is 0 Å². The average Bonchev–Trinajstić information content (AvgIpc) is 2.88. The first-order valence-corrected chi connectivity index (χ1v) is 14.8. The zero-order valence-corrected chi connectivity index (χ0v) is 24.0. The van der Waals surface area contributed by atoms with Crippen LogP contribution in [0.25, 0.3) is 11.1 Å². The number of anilines is 1. The first-order valence-electron chi connectivity index (χ1n) is 13.5. The first-order chi connectivity index (χ1) is 17.6. The van der Waals surface area contributed by atoms with Crippen LogP contribution in [0.3, 0.4) is 0 Å². The van der Waals surface area contributed by atoms with Gasteiger partial charge in [-0.3, -0.25) is 4.31 Å². The lowest BCUT2D eigenvalue weighted by Crippen LogP contribution is -2.35. The Hall–Kier alpha value is -2.38. The molecular weight excluding hydrogens is 486 g/mol. The number of carbonyl (C=O) groups excluding carboxylic acids is 1. The number of methoxy groups -OCH3 is 1. The van der Waals surface area contributed by atoms with Gasteiger partial charge < -0.3 is 14.2 Å². The van der Waals surface area contributed by atoms with Gasteiger partial charge in [0.2, 0.25) is 0 Å². The van der Waals surface area contributed by atoms with E-state index in [1.807, 2.05) is 31.1 Å². The Balaban J connectivity index is 1.96. The largest absolute Gasteiger partial charge is 0.493 e. The van der Waals surface area contributed by atoms with Crippen molar-refractivity contribution in [2.75, 3.05) is 30.3 Å². The Morgan fingerprint density at radius 3 is 2.68 bits per heavy atom. The summed E-state index contributed by atoms with van der Waals surface area (Å²) in [7, 11) is 0.286. The highest BCUT2D eigenvalue weighted by Crippen LogP contribution is 2.45. The molecule has 0 amide bonds. The third-order valence-corrected chi connectivity index (χ3v) is 8.48. The maximum Gasteiger partial charge on any atom is 0.339 e. The molecule has 37 heavy (non-hydrogen) atoms. The zero-order chi connectivity index (χ0) is 26.7. The molecule has 0 saturated heterocycles. The number of hydrogen-bond donors (Lipinski definition) is 0. The Morgan fingerprint density at radius 1 is 1.19 bits per heavy atom. The second-order valence-electron chi connectivity index (χ2n) is 11.0. The van der Waals surface area contributed by atoms with E-state index in [4.69, 9.17) is 14.2 Å². The molecule has 7 heteroatoms. The number of benzene rings is 2. The molecule has 0 bridgehead atoms. The summed E-state index contributed by atoms with van der Waals surface area (Å²) < 4.78 is 33.0. The molecule has 2 heterocycles. The van der Waals surface area contributed by atoms with Crippen LogP contribution in [-0.4, -0.2) is 41.8 Å². The molecule has 2 unspecified atom stereocenters. The highest BCUT2D eigenvalue weighted by Gasteiger charge is 2.36. The molecule has 2 atom stereocenters. The number of fused-ring (bicyclic) bond motifs is 2. The van der Waals surface area contributed by atoms with Crippen molar-refractivity contribution in [3.05, 3.63) is 46.5 Å². The number of carbonyl (C=O) groups is 1. The SMILES string of the molecule is CCCCS(=O)N1CCCc2c1cc(C)c(-c1ccc3c(c1)CCCO3)c2C(OC(C)(C)C)C(=O)OC. The molecule has 0 N–H and O–H groups in total. The standard InChI is InChI=1S/C30H41NO5S/c1-7-8-17-37(33)31-15-9-12-23-24(31)18-20(2)26(22-13-14-25-21(19-22)11-10-16-35-25)27(23)28(29(32)34-6)36-30(3,4)5/h13-14,18-19,28H,7-12,15-17H2,1-6H3. The van der Waals surface area contributed by atoms with Crippen LogP contribution in [0.1, 0.15) is 81.7 Å². The summed E-state index contributed by atoms with van der Waals surface area (Å²) in [6, 6.07) is 8.46. The van der Waals surface area contributed by atoms with E-state index in [0.717, 1.165) is 90.9 Å². The molecule has 0 saturated carbocycles. The van der Waals surface area contributed by atoms with E-state index >= 15 is 0 Å². The summed E-state index contributed by atoms with van der Waals surface area (Å²) >= 11 is 0. The number of unbranched alkanes of at least 4 members (excludes halogenated alkanes) is 1. The Morgan fingerprint density at radius 2 is 1.97 bits per heavy atom. The van der Waals surface area contributed by atoms with E-state index in [9.17, 15) is 9.00 Å². The Bertz CT molecular complexity index is 1170. The van der Waals surface area contributed by atoms with Crippen LogP contribution in [-0.2, 0) is 38.1 Å². The lowest BCUT2D eigenvalue weighted by atomic mass is 9.83. The van der Waals surface area contributed by atoms with E-state index in [2.05, 4.69) is 32.0 Å². The molecule has 4 rings (SSSR count). The fourth-order valence-corrected chi connectivity index (χ4v) is 6.81. The molecule has 0 aliphatic carbocycles. The number of aryl methyl sites for hydroxylation is 2. The Kier molecular flexibility index (Phi) is 8.64. The van der Waals surface area contributed by atoms with Crippen LogP contribution >= 0.6 is 0 Å². The molecule has 0 fully saturated rings. The second kappa shape index (κ2) is 11.6. The maximum atomic E-state index is 13.3. The number of rotatable bonds is 8. The van der Waals surface area contributed by atoms with Crippen molar-refractivity contribution in [3.8, 4) is 16.9 Å². The maximum absolute atomic E-state index is 13.3. The molecule has 0 aromatic heterocycles. The number of esters is 1. The minimum atomic E-state index is -1.12. The predicted octanol–water partition coefficient (Wildman–Crippen LogP) is 6.23. The zero-order valence-electron chi connectivity index (χ0n) is 23.1. The number of nitrogens with zero attached hydrogens (tertiary/aromatic N) is 1. The van der Waals surface area contributed by atoms with Gasteiger partial charge in [0.1, 0.15) is 16.7 Å². The van der Waals surface area contributed by atoms with Crippen LogP contribution in [0.2, 0.25) is 0 Å². The normalized spacial score (nSPS) is 16.9. The molecule has 0 spiro atoms. The van der Waals surface area contributed by atoms with Crippen molar-refractivity contribution in [1.82, 2.24) is 0 Å².